The van der Waals surface area contributed by atoms with Crippen molar-refractivity contribution in [3.8, 4) is 0 Å². The molecule has 1 amide bonds. The number of benzene rings is 2. The Bertz CT molecular complexity index is 962. The van der Waals surface area contributed by atoms with E-state index < -0.39 is 29.7 Å². The minimum absolute atomic E-state index is 0.0209. The molecule has 1 heterocycles. The maximum Gasteiger partial charge on any atom is 0.416 e. The molecule has 0 aromatic heterocycles. The Hall–Kier alpha value is -2.78. The summed E-state index contributed by atoms with van der Waals surface area (Å²) in [6, 6.07) is 9.14. The SMILES string of the molecule is CC(OC(=O)c1cccc(Cl)c1)C(=O)Nc1cc(C(F)(F)F)ccc1N1CCOCC1. The number of amides is 1. The Morgan fingerprint density at radius 2 is 1.87 bits per heavy atom. The van der Waals surface area contributed by atoms with Crippen molar-refractivity contribution in [1.29, 1.82) is 0 Å². The topological polar surface area (TPSA) is 67.9 Å². The van der Waals surface area contributed by atoms with Crippen LogP contribution in [0.25, 0.3) is 0 Å². The molecule has 31 heavy (non-hydrogen) atoms. The van der Waals surface area contributed by atoms with Crippen LogP contribution in [-0.4, -0.2) is 44.3 Å². The van der Waals surface area contributed by atoms with Crippen molar-refractivity contribution in [3.05, 3.63) is 58.6 Å². The summed E-state index contributed by atoms with van der Waals surface area (Å²) in [7, 11) is 0. The predicted molar refractivity (Wildman–Crippen MR) is 109 cm³/mol. The third kappa shape index (κ3) is 5.89. The zero-order valence-electron chi connectivity index (χ0n) is 16.5. The molecular weight excluding hydrogens is 437 g/mol. The van der Waals surface area contributed by atoms with Gasteiger partial charge in [-0.05, 0) is 43.3 Å². The third-order valence-corrected chi connectivity index (χ3v) is 4.88. The molecule has 2 aromatic rings. The Balaban J connectivity index is 1.78. The highest BCUT2D eigenvalue weighted by Gasteiger charge is 2.32. The average molecular weight is 457 g/mol. The number of carbonyl (C=O) groups is 2. The van der Waals surface area contributed by atoms with Gasteiger partial charge < -0.3 is 19.7 Å². The number of halogens is 4. The highest BCUT2D eigenvalue weighted by molar-refractivity contribution is 6.30. The van der Waals surface area contributed by atoms with Gasteiger partial charge in [0.25, 0.3) is 5.91 Å². The average Bonchev–Trinajstić information content (AvgIpc) is 2.73. The lowest BCUT2D eigenvalue weighted by molar-refractivity contribution is -0.137. The van der Waals surface area contributed by atoms with E-state index in [1.807, 2.05) is 4.90 Å². The van der Waals surface area contributed by atoms with Gasteiger partial charge in [0, 0.05) is 18.1 Å². The second-order valence-electron chi connectivity index (χ2n) is 6.88. The van der Waals surface area contributed by atoms with Crippen LogP contribution in [0.1, 0.15) is 22.8 Å². The number of esters is 1. The lowest BCUT2D eigenvalue weighted by Crippen LogP contribution is -2.37. The fourth-order valence-corrected chi connectivity index (χ4v) is 3.21. The molecule has 1 fully saturated rings. The van der Waals surface area contributed by atoms with Crippen molar-refractivity contribution in [2.45, 2.75) is 19.2 Å². The molecule has 0 radical (unpaired) electrons. The first-order valence-electron chi connectivity index (χ1n) is 9.46. The number of rotatable bonds is 5. The van der Waals surface area contributed by atoms with Gasteiger partial charge in [-0.1, -0.05) is 17.7 Å². The van der Waals surface area contributed by atoms with Crippen LogP contribution in [-0.2, 0) is 20.4 Å². The lowest BCUT2D eigenvalue weighted by atomic mass is 10.1. The van der Waals surface area contributed by atoms with Gasteiger partial charge in [-0.15, -0.1) is 0 Å². The second-order valence-corrected chi connectivity index (χ2v) is 7.31. The number of nitrogens with one attached hydrogen (secondary N) is 1. The molecule has 0 spiro atoms. The van der Waals surface area contributed by atoms with Crippen LogP contribution < -0.4 is 10.2 Å². The molecule has 1 saturated heterocycles. The number of hydrogen-bond acceptors (Lipinski definition) is 5. The van der Waals surface area contributed by atoms with Crippen molar-refractivity contribution in [2.24, 2.45) is 0 Å². The van der Waals surface area contributed by atoms with Crippen LogP contribution in [0.2, 0.25) is 5.02 Å². The summed E-state index contributed by atoms with van der Waals surface area (Å²) in [4.78, 5) is 26.7. The molecule has 0 bridgehead atoms. The van der Waals surface area contributed by atoms with E-state index in [1.165, 1.54) is 25.1 Å². The lowest BCUT2D eigenvalue weighted by Gasteiger charge is -2.31. The fourth-order valence-electron chi connectivity index (χ4n) is 3.02. The van der Waals surface area contributed by atoms with Crippen LogP contribution in [0, 0.1) is 0 Å². The maximum atomic E-state index is 13.2. The molecule has 1 atom stereocenters. The summed E-state index contributed by atoms with van der Waals surface area (Å²) in [6.45, 7) is 3.10. The zero-order valence-corrected chi connectivity index (χ0v) is 17.3. The van der Waals surface area contributed by atoms with E-state index in [-0.39, 0.29) is 11.3 Å². The molecule has 6 nitrogen and oxygen atoms in total. The molecule has 0 aliphatic carbocycles. The van der Waals surface area contributed by atoms with Crippen molar-refractivity contribution in [1.82, 2.24) is 0 Å². The van der Waals surface area contributed by atoms with Crippen LogP contribution in [0.5, 0.6) is 0 Å². The molecule has 1 aliphatic heterocycles. The van der Waals surface area contributed by atoms with Crippen molar-refractivity contribution in [3.63, 3.8) is 0 Å². The summed E-state index contributed by atoms with van der Waals surface area (Å²) in [5.41, 5.74) is -0.339. The molecule has 2 aromatic carbocycles. The van der Waals surface area contributed by atoms with Gasteiger partial charge in [0.2, 0.25) is 0 Å². The smallest absolute Gasteiger partial charge is 0.416 e. The summed E-state index contributed by atoms with van der Waals surface area (Å²) < 4.78 is 50.0. The number of ether oxygens (including phenoxy) is 2. The van der Waals surface area contributed by atoms with E-state index in [9.17, 15) is 22.8 Å². The summed E-state index contributed by atoms with van der Waals surface area (Å²) in [6.07, 6.45) is -5.83. The van der Waals surface area contributed by atoms with Crippen molar-refractivity contribution >= 4 is 34.9 Å². The molecule has 0 saturated carbocycles. The van der Waals surface area contributed by atoms with Crippen LogP contribution in [0.4, 0.5) is 24.5 Å². The Kier molecular flexibility index (Phi) is 7.07. The van der Waals surface area contributed by atoms with Gasteiger partial charge >= 0.3 is 12.1 Å². The summed E-state index contributed by atoms with van der Waals surface area (Å²) in [5, 5.41) is 2.79. The van der Waals surface area contributed by atoms with Gasteiger partial charge in [-0.25, -0.2) is 4.79 Å². The van der Waals surface area contributed by atoms with E-state index in [1.54, 1.807) is 12.1 Å². The number of anilines is 2. The van der Waals surface area contributed by atoms with E-state index >= 15 is 0 Å². The second kappa shape index (κ2) is 9.57. The Morgan fingerprint density at radius 1 is 1.16 bits per heavy atom. The Morgan fingerprint density at radius 3 is 2.52 bits per heavy atom. The van der Waals surface area contributed by atoms with Gasteiger partial charge in [0.05, 0.1) is 35.7 Å². The molecular formula is C21H20ClF3N2O4. The molecule has 166 valence electrons. The van der Waals surface area contributed by atoms with Crippen molar-refractivity contribution < 1.29 is 32.2 Å². The largest absolute Gasteiger partial charge is 0.449 e. The molecule has 1 N–H and O–H groups in total. The fraction of sp³-hybridized carbons (Fsp3) is 0.333. The predicted octanol–water partition coefficient (Wildman–Crippen LogP) is 4.38. The quantitative estimate of drug-likeness (QED) is 0.676. The van der Waals surface area contributed by atoms with Crippen molar-refractivity contribution in [2.75, 3.05) is 36.5 Å². The van der Waals surface area contributed by atoms with Crippen LogP contribution >= 0.6 is 11.6 Å². The maximum absolute atomic E-state index is 13.2. The molecule has 3 rings (SSSR count). The number of nitrogens with zero attached hydrogens (tertiary/aromatic N) is 1. The number of morpholine rings is 1. The summed E-state index contributed by atoms with van der Waals surface area (Å²) >= 11 is 5.85. The van der Waals surface area contributed by atoms with Gasteiger partial charge in [-0.2, -0.15) is 13.2 Å². The van der Waals surface area contributed by atoms with Gasteiger partial charge in [0.1, 0.15) is 0 Å². The van der Waals surface area contributed by atoms with E-state index in [4.69, 9.17) is 21.1 Å². The molecule has 10 heteroatoms. The minimum atomic E-state index is -4.58. The van der Waals surface area contributed by atoms with Crippen LogP contribution in [0.3, 0.4) is 0 Å². The highest BCUT2D eigenvalue weighted by atomic mass is 35.5. The molecule has 1 aliphatic rings. The van der Waals surface area contributed by atoms with Gasteiger partial charge in [-0.3, -0.25) is 4.79 Å². The minimum Gasteiger partial charge on any atom is -0.449 e. The van der Waals surface area contributed by atoms with E-state index in [0.717, 1.165) is 12.1 Å². The van der Waals surface area contributed by atoms with E-state index in [2.05, 4.69) is 5.32 Å². The molecule has 1 unspecified atom stereocenters. The number of hydrogen-bond donors (Lipinski definition) is 1. The first-order chi connectivity index (χ1) is 14.6. The first kappa shape index (κ1) is 22.9. The van der Waals surface area contributed by atoms with E-state index in [0.29, 0.717) is 37.0 Å². The number of alkyl halides is 3. The monoisotopic (exact) mass is 456 g/mol. The van der Waals surface area contributed by atoms with Crippen LogP contribution in [0.15, 0.2) is 42.5 Å². The number of carbonyl (C=O) groups excluding carboxylic acids is 2. The normalized spacial score (nSPS) is 15.3. The third-order valence-electron chi connectivity index (χ3n) is 4.65. The first-order valence-corrected chi connectivity index (χ1v) is 9.84. The zero-order chi connectivity index (χ0) is 22.6. The van der Waals surface area contributed by atoms with Gasteiger partial charge in [0.15, 0.2) is 6.10 Å². The highest BCUT2D eigenvalue weighted by Crippen LogP contribution is 2.36. The Labute approximate surface area is 181 Å². The summed E-state index contributed by atoms with van der Waals surface area (Å²) in [5.74, 6) is -1.54. The standard InChI is InChI=1S/C21H20ClF3N2O4/c1-13(31-20(29)14-3-2-4-16(22)11-14)19(28)26-17-12-15(21(23,24)25)5-6-18(17)27-7-9-30-10-8-27/h2-6,11-13H,7-10H2,1H3,(H,26,28).